The first-order valence-corrected chi connectivity index (χ1v) is 4.45. The summed E-state index contributed by atoms with van der Waals surface area (Å²) in [6.45, 7) is 0.310. The Hall–Kier alpha value is -0.560. The van der Waals surface area contributed by atoms with Crippen LogP contribution in [-0.4, -0.2) is 0 Å². The van der Waals surface area contributed by atoms with E-state index in [0.29, 0.717) is 21.6 Å². The minimum Gasteiger partial charge on any atom is -0.326 e. The predicted octanol–water partition coefficient (Wildman–Crippen LogP) is 2.43. The topological polar surface area (TPSA) is 49.8 Å². The van der Waals surface area contributed by atoms with E-state index < -0.39 is 0 Å². The van der Waals surface area contributed by atoms with Crippen molar-refractivity contribution in [2.75, 3.05) is 0 Å². The second-order valence-electron chi connectivity index (χ2n) is 2.20. The minimum absolute atomic E-state index is 0.310. The third-order valence-corrected chi connectivity index (χ3v) is 2.97. The number of nitrogens with two attached hydrogens (primary N) is 1. The van der Waals surface area contributed by atoms with Gasteiger partial charge in [-0.1, -0.05) is 11.6 Å². The van der Waals surface area contributed by atoms with Gasteiger partial charge in [0.1, 0.15) is 0 Å². The van der Waals surface area contributed by atoms with Gasteiger partial charge in [0.2, 0.25) is 0 Å². The highest BCUT2D eigenvalue weighted by Gasteiger charge is 2.07. The average molecular weight is 246 g/mol. The smallest absolute Gasteiger partial charge is 0.0995 e. The first-order valence-electron chi connectivity index (χ1n) is 3.27. The SMILES string of the molecule is N#Cc1ccc(Cl)c(Br)c1CN. The van der Waals surface area contributed by atoms with Crippen LogP contribution in [0, 0.1) is 11.3 Å². The lowest BCUT2D eigenvalue weighted by Crippen LogP contribution is -2.00. The fourth-order valence-electron chi connectivity index (χ4n) is 0.897. The fourth-order valence-corrected chi connectivity index (χ4v) is 1.58. The summed E-state index contributed by atoms with van der Waals surface area (Å²) >= 11 is 9.08. The van der Waals surface area contributed by atoms with Crippen LogP contribution in [0.25, 0.3) is 0 Å². The molecular weight excluding hydrogens is 239 g/mol. The Kier molecular flexibility index (Phi) is 3.10. The van der Waals surface area contributed by atoms with Crippen molar-refractivity contribution in [3.05, 3.63) is 32.8 Å². The van der Waals surface area contributed by atoms with Gasteiger partial charge in [0, 0.05) is 11.0 Å². The molecule has 1 rings (SSSR count). The number of halogens is 2. The molecule has 0 fully saturated rings. The molecule has 2 N–H and O–H groups in total. The fraction of sp³-hybridized carbons (Fsp3) is 0.125. The molecule has 0 aliphatic rings. The van der Waals surface area contributed by atoms with Crippen molar-refractivity contribution in [2.24, 2.45) is 5.73 Å². The average Bonchev–Trinajstić information content (AvgIpc) is 2.09. The molecule has 0 aromatic heterocycles. The molecule has 1 aromatic carbocycles. The number of rotatable bonds is 1. The summed E-state index contributed by atoms with van der Waals surface area (Å²) in [4.78, 5) is 0. The summed E-state index contributed by atoms with van der Waals surface area (Å²) in [5, 5.41) is 9.27. The Labute approximate surface area is 84.1 Å². The van der Waals surface area contributed by atoms with Crippen LogP contribution < -0.4 is 5.73 Å². The number of hydrogen-bond donors (Lipinski definition) is 1. The van der Waals surface area contributed by atoms with Gasteiger partial charge in [-0.05, 0) is 33.6 Å². The molecule has 0 bridgehead atoms. The number of hydrogen-bond acceptors (Lipinski definition) is 2. The van der Waals surface area contributed by atoms with Gasteiger partial charge in [0.15, 0.2) is 0 Å². The predicted molar refractivity (Wildman–Crippen MR) is 51.8 cm³/mol. The zero-order valence-corrected chi connectivity index (χ0v) is 8.48. The van der Waals surface area contributed by atoms with Crippen molar-refractivity contribution in [1.29, 1.82) is 5.26 Å². The van der Waals surface area contributed by atoms with Crippen molar-refractivity contribution < 1.29 is 0 Å². The van der Waals surface area contributed by atoms with E-state index in [2.05, 4.69) is 15.9 Å². The molecule has 0 atom stereocenters. The van der Waals surface area contributed by atoms with E-state index in [4.69, 9.17) is 22.6 Å². The van der Waals surface area contributed by atoms with Crippen molar-refractivity contribution in [1.82, 2.24) is 0 Å². The van der Waals surface area contributed by atoms with Crippen LogP contribution >= 0.6 is 27.5 Å². The zero-order valence-electron chi connectivity index (χ0n) is 6.14. The second-order valence-corrected chi connectivity index (χ2v) is 3.40. The molecule has 0 radical (unpaired) electrons. The molecule has 0 aliphatic carbocycles. The van der Waals surface area contributed by atoms with Crippen molar-refractivity contribution in [2.45, 2.75) is 6.54 Å². The van der Waals surface area contributed by atoms with Gasteiger partial charge in [-0.15, -0.1) is 0 Å². The third kappa shape index (κ3) is 1.61. The van der Waals surface area contributed by atoms with Crippen LogP contribution in [0.1, 0.15) is 11.1 Å². The summed E-state index contributed by atoms with van der Waals surface area (Å²) in [5.74, 6) is 0. The van der Waals surface area contributed by atoms with E-state index in [9.17, 15) is 0 Å². The van der Waals surface area contributed by atoms with Crippen LogP contribution in [0.5, 0.6) is 0 Å². The highest BCUT2D eigenvalue weighted by molar-refractivity contribution is 9.10. The molecule has 0 heterocycles. The lowest BCUT2D eigenvalue weighted by atomic mass is 10.1. The quantitative estimate of drug-likeness (QED) is 0.826. The highest BCUT2D eigenvalue weighted by atomic mass is 79.9. The molecule has 4 heteroatoms. The van der Waals surface area contributed by atoms with E-state index in [0.717, 1.165) is 5.56 Å². The van der Waals surface area contributed by atoms with Gasteiger partial charge < -0.3 is 5.73 Å². The van der Waals surface area contributed by atoms with Crippen LogP contribution in [0.2, 0.25) is 5.02 Å². The minimum atomic E-state index is 0.310. The molecule has 0 unspecified atom stereocenters. The summed E-state index contributed by atoms with van der Waals surface area (Å²) in [6, 6.07) is 5.38. The summed E-state index contributed by atoms with van der Waals surface area (Å²) in [5.41, 5.74) is 6.77. The Bertz CT molecular complexity index is 344. The Balaban J connectivity index is 3.38. The van der Waals surface area contributed by atoms with E-state index in [1.54, 1.807) is 12.1 Å². The van der Waals surface area contributed by atoms with Gasteiger partial charge >= 0.3 is 0 Å². The summed E-state index contributed by atoms with van der Waals surface area (Å²) < 4.78 is 0.714. The Morgan fingerprint density at radius 2 is 2.25 bits per heavy atom. The first-order chi connectivity index (χ1) is 5.70. The zero-order chi connectivity index (χ0) is 9.14. The summed E-state index contributed by atoms with van der Waals surface area (Å²) in [7, 11) is 0. The van der Waals surface area contributed by atoms with Crippen LogP contribution in [0.15, 0.2) is 16.6 Å². The number of benzene rings is 1. The van der Waals surface area contributed by atoms with Crippen LogP contribution in [0.3, 0.4) is 0 Å². The van der Waals surface area contributed by atoms with Gasteiger partial charge in [0.05, 0.1) is 16.7 Å². The number of nitriles is 1. The normalized spacial score (nSPS) is 9.50. The van der Waals surface area contributed by atoms with Crippen molar-refractivity contribution in [3.63, 3.8) is 0 Å². The first kappa shape index (κ1) is 9.53. The number of nitrogens with zero attached hydrogens (tertiary/aromatic N) is 1. The second kappa shape index (κ2) is 3.90. The summed E-state index contributed by atoms with van der Waals surface area (Å²) in [6.07, 6.45) is 0. The van der Waals surface area contributed by atoms with Crippen molar-refractivity contribution >= 4 is 27.5 Å². The molecule has 2 nitrogen and oxygen atoms in total. The van der Waals surface area contributed by atoms with Gasteiger partial charge in [-0.3, -0.25) is 0 Å². The van der Waals surface area contributed by atoms with E-state index in [1.807, 2.05) is 6.07 Å². The maximum Gasteiger partial charge on any atom is 0.0995 e. The highest BCUT2D eigenvalue weighted by Crippen LogP contribution is 2.28. The van der Waals surface area contributed by atoms with E-state index in [-0.39, 0.29) is 0 Å². The van der Waals surface area contributed by atoms with E-state index >= 15 is 0 Å². The molecular formula is C8H6BrClN2. The lowest BCUT2D eigenvalue weighted by Gasteiger charge is -2.04. The lowest BCUT2D eigenvalue weighted by molar-refractivity contribution is 1.05. The van der Waals surface area contributed by atoms with Crippen LogP contribution in [0.4, 0.5) is 0 Å². The van der Waals surface area contributed by atoms with Gasteiger partial charge in [0.25, 0.3) is 0 Å². The molecule has 1 aromatic rings. The molecule has 0 amide bonds. The van der Waals surface area contributed by atoms with Crippen molar-refractivity contribution in [3.8, 4) is 6.07 Å². The Morgan fingerprint density at radius 3 is 2.75 bits per heavy atom. The third-order valence-electron chi connectivity index (χ3n) is 1.52. The standard InChI is InChI=1S/C8H6BrClN2/c9-8-6(4-12)5(3-11)1-2-7(8)10/h1-2H,4,12H2. The molecule has 12 heavy (non-hydrogen) atoms. The molecule has 0 saturated heterocycles. The monoisotopic (exact) mass is 244 g/mol. The molecule has 62 valence electrons. The largest absolute Gasteiger partial charge is 0.326 e. The molecule has 0 spiro atoms. The molecule has 0 saturated carbocycles. The Morgan fingerprint density at radius 1 is 1.58 bits per heavy atom. The maximum absolute atomic E-state index is 8.70. The van der Waals surface area contributed by atoms with Gasteiger partial charge in [-0.25, -0.2) is 0 Å². The molecule has 0 aliphatic heterocycles. The van der Waals surface area contributed by atoms with E-state index in [1.165, 1.54) is 0 Å². The van der Waals surface area contributed by atoms with Crippen LogP contribution in [-0.2, 0) is 6.54 Å². The van der Waals surface area contributed by atoms with Gasteiger partial charge in [-0.2, -0.15) is 5.26 Å². The maximum atomic E-state index is 8.70.